The van der Waals surface area contributed by atoms with E-state index >= 15 is 0 Å². The molecule has 1 aromatic heterocycles. The molecule has 0 aliphatic rings. The average molecular weight is 461 g/mol. The van der Waals surface area contributed by atoms with Gasteiger partial charge in [0.2, 0.25) is 0 Å². The minimum Gasteiger partial charge on any atom is -0.497 e. The maximum atomic E-state index is 6.42. The van der Waals surface area contributed by atoms with Crippen molar-refractivity contribution in [3.63, 3.8) is 0 Å². The van der Waals surface area contributed by atoms with Crippen LogP contribution in [-0.2, 0) is 13.1 Å². The SMILES string of the molecule is COc1ccc(CN(Cc2c(Cl)cncc2Cl)c2ccc(OC)c(OC(C)C)c2)cc1. The summed E-state index contributed by atoms with van der Waals surface area (Å²) in [4.78, 5) is 6.25. The van der Waals surface area contributed by atoms with E-state index in [0.29, 0.717) is 34.6 Å². The predicted octanol–water partition coefficient (Wildman–Crippen LogP) is 6.40. The number of methoxy groups -OCH3 is 2. The first-order chi connectivity index (χ1) is 14.9. The van der Waals surface area contributed by atoms with Crippen LogP contribution >= 0.6 is 23.2 Å². The highest BCUT2D eigenvalue weighted by Gasteiger charge is 2.17. The molecule has 0 atom stereocenters. The van der Waals surface area contributed by atoms with Crippen molar-refractivity contribution in [1.29, 1.82) is 0 Å². The first kappa shape index (κ1) is 23.0. The molecule has 31 heavy (non-hydrogen) atoms. The Morgan fingerprint density at radius 3 is 2.13 bits per heavy atom. The van der Waals surface area contributed by atoms with Crippen molar-refractivity contribution in [2.75, 3.05) is 19.1 Å². The summed E-state index contributed by atoms with van der Waals surface area (Å²) in [6.45, 7) is 5.10. The molecule has 5 nitrogen and oxygen atoms in total. The van der Waals surface area contributed by atoms with Crippen LogP contribution in [0.25, 0.3) is 0 Å². The molecule has 0 saturated carbocycles. The Morgan fingerprint density at radius 1 is 0.871 bits per heavy atom. The van der Waals surface area contributed by atoms with Crippen molar-refractivity contribution in [2.45, 2.75) is 33.0 Å². The largest absolute Gasteiger partial charge is 0.497 e. The van der Waals surface area contributed by atoms with Crippen molar-refractivity contribution in [3.8, 4) is 17.2 Å². The Bertz CT molecular complexity index is 990. The summed E-state index contributed by atoms with van der Waals surface area (Å²) in [6.07, 6.45) is 3.23. The van der Waals surface area contributed by atoms with Gasteiger partial charge in [-0.1, -0.05) is 35.3 Å². The van der Waals surface area contributed by atoms with Gasteiger partial charge in [-0.15, -0.1) is 0 Å². The molecule has 0 N–H and O–H groups in total. The van der Waals surface area contributed by atoms with Crippen molar-refractivity contribution < 1.29 is 14.2 Å². The fourth-order valence-electron chi connectivity index (χ4n) is 3.18. The number of pyridine rings is 1. The molecule has 0 aliphatic carbocycles. The van der Waals surface area contributed by atoms with Crippen LogP contribution in [0.2, 0.25) is 10.0 Å². The van der Waals surface area contributed by atoms with Crippen molar-refractivity contribution in [3.05, 3.63) is 76.0 Å². The van der Waals surface area contributed by atoms with Crippen LogP contribution in [0.4, 0.5) is 5.69 Å². The van der Waals surface area contributed by atoms with E-state index in [1.807, 2.05) is 56.3 Å². The molecule has 2 aromatic carbocycles. The zero-order chi connectivity index (χ0) is 22.4. The summed E-state index contributed by atoms with van der Waals surface area (Å²) < 4.78 is 16.7. The van der Waals surface area contributed by atoms with E-state index in [4.69, 9.17) is 37.4 Å². The van der Waals surface area contributed by atoms with Crippen molar-refractivity contribution >= 4 is 28.9 Å². The van der Waals surface area contributed by atoms with Crippen LogP contribution in [0.1, 0.15) is 25.0 Å². The quantitative estimate of drug-likeness (QED) is 0.369. The fraction of sp³-hybridized carbons (Fsp3) is 0.292. The molecule has 0 radical (unpaired) electrons. The van der Waals surface area contributed by atoms with E-state index in [2.05, 4.69) is 9.88 Å². The summed E-state index contributed by atoms with van der Waals surface area (Å²) in [7, 11) is 3.29. The predicted molar refractivity (Wildman–Crippen MR) is 126 cm³/mol. The summed E-state index contributed by atoms with van der Waals surface area (Å²) >= 11 is 12.8. The molecule has 164 valence electrons. The molecule has 3 rings (SSSR count). The van der Waals surface area contributed by atoms with Gasteiger partial charge in [-0.25, -0.2) is 0 Å². The summed E-state index contributed by atoms with van der Waals surface area (Å²) in [6, 6.07) is 13.9. The topological polar surface area (TPSA) is 43.8 Å². The lowest BCUT2D eigenvalue weighted by Crippen LogP contribution is -2.23. The first-order valence-corrected chi connectivity index (χ1v) is 10.7. The Balaban J connectivity index is 2.00. The number of halogens is 2. The third-order valence-corrected chi connectivity index (χ3v) is 5.36. The average Bonchev–Trinajstić information content (AvgIpc) is 2.75. The highest BCUT2D eigenvalue weighted by Crippen LogP contribution is 2.35. The number of hydrogen-bond donors (Lipinski definition) is 0. The number of benzene rings is 2. The third kappa shape index (κ3) is 5.96. The zero-order valence-electron chi connectivity index (χ0n) is 18.1. The highest BCUT2D eigenvalue weighted by molar-refractivity contribution is 6.35. The van der Waals surface area contributed by atoms with Gasteiger partial charge in [0.1, 0.15) is 5.75 Å². The van der Waals surface area contributed by atoms with Crippen LogP contribution in [0.15, 0.2) is 54.9 Å². The van der Waals surface area contributed by atoms with Gasteiger partial charge in [0, 0.05) is 42.8 Å². The summed E-state index contributed by atoms with van der Waals surface area (Å²) in [5.41, 5.74) is 2.88. The Hall–Kier alpha value is -2.63. The van der Waals surface area contributed by atoms with Gasteiger partial charge in [0.15, 0.2) is 11.5 Å². The summed E-state index contributed by atoms with van der Waals surface area (Å²) in [5.74, 6) is 2.18. The molecule has 0 saturated heterocycles. The van der Waals surface area contributed by atoms with Crippen LogP contribution in [-0.4, -0.2) is 25.3 Å². The second-order valence-electron chi connectivity index (χ2n) is 7.29. The lowest BCUT2D eigenvalue weighted by Gasteiger charge is -2.27. The lowest BCUT2D eigenvalue weighted by atomic mass is 10.1. The maximum absolute atomic E-state index is 6.42. The number of hydrogen-bond acceptors (Lipinski definition) is 5. The molecule has 7 heteroatoms. The van der Waals surface area contributed by atoms with Gasteiger partial charge in [-0.05, 0) is 43.7 Å². The molecule has 0 unspecified atom stereocenters. The van der Waals surface area contributed by atoms with E-state index in [1.54, 1.807) is 26.6 Å². The first-order valence-electron chi connectivity index (χ1n) is 9.91. The Kier molecular flexibility index (Phi) is 7.88. The number of anilines is 1. The van der Waals surface area contributed by atoms with Crippen LogP contribution in [0.5, 0.6) is 17.2 Å². The number of aromatic nitrogens is 1. The molecular formula is C24H26Cl2N2O3. The molecule has 1 heterocycles. The minimum atomic E-state index is 0.0169. The highest BCUT2D eigenvalue weighted by atomic mass is 35.5. The Morgan fingerprint density at radius 2 is 1.55 bits per heavy atom. The minimum absolute atomic E-state index is 0.0169. The van der Waals surface area contributed by atoms with E-state index < -0.39 is 0 Å². The molecule has 0 spiro atoms. The van der Waals surface area contributed by atoms with Gasteiger partial charge >= 0.3 is 0 Å². The fourth-order valence-corrected chi connectivity index (χ4v) is 3.66. The van der Waals surface area contributed by atoms with E-state index in [1.165, 1.54) is 0 Å². The van der Waals surface area contributed by atoms with Crippen molar-refractivity contribution in [2.24, 2.45) is 0 Å². The molecule has 0 fully saturated rings. The third-order valence-electron chi connectivity index (χ3n) is 4.71. The molecule has 0 bridgehead atoms. The second-order valence-corrected chi connectivity index (χ2v) is 8.10. The normalized spacial score (nSPS) is 10.8. The molecule has 0 amide bonds. The van der Waals surface area contributed by atoms with Crippen LogP contribution < -0.4 is 19.1 Å². The summed E-state index contributed by atoms with van der Waals surface area (Å²) in [5, 5.41) is 1.05. The second kappa shape index (κ2) is 10.6. The maximum Gasteiger partial charge on any atom is 0.163 e. The monoisotopic (exact) mass is 460 g/mol. The standard InChI is InChI=1S/C24H26Cl2N2O3/c1-16(2)31-24-11-18(7-10-23(24)30-4)28(14-17-5-8-19(29-3)9-6-17)15-20-21(25)12-27-13-22(20)26/h5-13,16H,14-15H2,1-4H3. The number of rotatable bonds is 9. The van der Waals surface area contributed by atoms with Crippen molar-refractivity contribution in [1.82, 2.24) is 4.98 Å². The number of ether oxygens (including phenoxy) is 3. The lowest BCUT2D eigenvalue weighted by molar-refractivity contribution is 0.230. The molecule has 0 aliphatic heterocycles. The van der Waals surface area contributed by atoms with Gasteiger partial charge in [-0.3, -0.25) is 4.98 Å². The van der Waals surface area contributed by atoms with Gasteiger partial charge in [0.05, 0.1) is 30.4 Å². The van der Waals surface area contributed by atoms with Crippen LogP contribution in [0, 0.1) is 0 Å². The van der Waals surface area contributed by atoms with E-state index in [9.17, 15) is 0 Å². The zero-order valence-corrected chi connectivity index (χ0v) is 19.6. The Labute approximate surface area is 193 Å². The van der Waals surface area contributed by atoms with Gasteiger partial charge in [0.25, 0.3) is 0 Å². The molecule has 3 aromatic rings. The molecular weight excluding hydrogens is 435 g/mol. The van der Waals surface area contributed by atoms with E-state index in [-0.39, 0.29) is 6.10 Å². The van der Waals surface area contributed by atoms with Gasteiger partial charge in [-0.2, -0.15) is 0 Å². The smallest absolute Gasteiger partial charge is 0.163 e. The van der Waals surface area contributed by atoms with Crippen LogP contribution in [0.3, 0.4) is 0 Å². The number of nitrogens with zero attached hydrogens (tertiary/aromatic N) is 2. The van der Waals surface area contributed by atoms with Gasteiger partial charge < -0.3 is 19.1 Å². The van der Waals surface area contributed by atoms with E-state index in [0.717, 1.165) is 22.6 Å².